The minimum Gasteiger partial charge on any atom is -0.325 e. The second-order valence-electron chi connectivity index (χ2n) is 6.16. The molecule has 0 bridgehead atoms. The van der Waals surface area contributed by atoms with E-state index in [0.717, 1.165) is 24.2 Å². The van der Waals surface area contributed by atoms with E-state index in [9.17, 15) is 4.79 Å². The van der Waals surface area contributed by atoms with Crippen molar-refractivity contribution in [3.8, 4) is 0 Å². The molecule has 2 heterocycles. The summed E-state index contributed by atoms with van der Waals surface area (Å²) in [5.41, 5.74) is 5.58. The van der Waals surface area contributed by atoms with Crippen LogP contribution in [-0.2, 0) is 16.8 Å². The van der Waals surface area contributed by atoms with Gasteiger partial charge in [-0.1, -0.05) is 36.4 Å². The highest BCUT2D eigenvalue weighted by molar-refractivity contribution is 6.09. The van der Waals surface area contributed by atoms with Gasteiger partial charge in [-0.15, -0.1) is 0 Å². The fourth-order valence-electron chi connectivity index (χ4n) is 3.90. The molecule has 0 radical (unpaired) electrons. The number of amides is 1. The second-order valence-corrected chi connectivity index (χ2v) is 6.16. The Morgan fingerprint density at radius 1 is 1.19 bits per heavy atom. The van der Waals surface area contributed by atoms with Gasteiger partial charge in [-0.05, 0) is 34.7 Å². The Morgan fingerprint density at radius 3 is 3.05 bits per heavy atom. The predicted molar refractivity (Wildman–Crippen MR) is 81.8 cm³/mol. The first-order valence-electron chi connectivity index (χ1n) is 7.33. The Balaban J connectivity index is 1.58. The van der Waals surface area contributed by atoms with Crippen molar-refractivity contribution in [2.45, 2.75) is 24.3 Å². The largest absolute Gasteiger partial charge is 0.325 e. The molecule has 2 aromatic carbocycles. The van der Waals surface area contributed by atoms with Gasteiger partial charge in [0.15, 0.2) is 0 Å². The zero-order valence-corrected chi connectivity index (χ0v) is 11.5. The summed E-state index contributed by atoms with van der Waals surface area (Å²) < 4.78 is 0. The van der Waals surface area contributed by atoms with Gasteiger partial charge >= 0.3 is 0 Å². The van der Waals surface area contributed by atoms with Crippen molar-refractivity contribution in [2.75, 3.05) is 5.32 Å². The quantitative estimate of drug-likeness (QED) is 0.853. The molecule has 102 valence electrons. The summed E-state index contributed by atoms with van der Waals surface area (Å²) in [5, 5.41) is 3.04. The molecule has 1 saturated carbocycles. The normalized spacial score (nSPS) is 27.6. The Kier molecular flexibility index (Phi) is 1.94. The molecule has 3 aliphatic rings. The van der Waals surface area contributed by atoms with Gasteiger partial charge in [0.25, 0.3) is 0 Å². The number of hydrogen-bond acceptors (Lipinski definition) is 2. The van der Waals surface area contributed by atoms with Crippen LogP contribution >= 0.6 is 0 Å². The number of nitrogens with zero attached hydrogens (tertiary/aromatic N) is 1. The van der Waals surface area contributed by atoms with Gasteiger partial charge < -0.3 is 5.32 Å². The lowest BCUT2D eigenvalue weighted by molar-refractivity contribution is -0.118. The zero-order chi connectivity index (χ0) is 14.0. The van der Waals surface area contributed by atoms with Gasteiger partial charge in [-0.3, -0.25) is 9.79 Å². The van der Waals surface area contributed by atoms with Crippen LogP contribution in [0, 0.1) is 0 Å². The molecule has 0 aromatic heterocycles. The van der Waals surface area contributed by atoms with Gasteiger partial charge in [0.1, 0.15) is 0 Å². The third kappa shape index (κ3) is 1.33. The number of carbonyl (C=O) groups is 1. The molecule has 0 saturated heterocycles. The number of anilines is 1. The molecule has 5 rings (SSSR count). The van der Waals surface area contributed by atoms with Crippen molar-refractivity contribution >= 4 is 17.8 Å². The first kappa shape index (κ1) is 11.3. The van der Waals surface area contributed by atoms with E-state index in [2.05, 4.69) is 34.6 Å². The topological polar surface area (TPSA) is 41.5 Å². The highest BCUT2D eigenvalue weighted by Crippen LogP contribution is 2.64. The van der Waals surface area contributed by atoms with Crippen molar-refractivity contribution in [3.05, 3.63) is 64.7 Å². The minimum absolute atomic E-state index is 0.158. The van der Waals surface area contributed by atoms with E-state index in [1.165, 1.54) is 16.7 Å². The van der Waals surface area contributed by atoms with Gasteiger partial charge in [0, 0.05) is 17.8 Å². The van der Waals surface area contributed by atoms with Crippen molar-refractivity contribution in [1.82, 2.24) is 0 Å². The van der Waals surface area contributed by atoms with Crippen LogP contribution in [0.2, 0.25) is 0 Å². The Morgan fingerprint density at radius 2 is 2.10 bits per heavy atom. The summed E-state index contributed by atoms with van der Waals surface area (Å²) in [6.07, 6.45) is 2.84. The summed E-state index contributed by atoms with van der Waals surface area (Å²) in [6, 6.07) is 14.6. The SMILES string of the molecule is O=C1Nc2ccccc2[C@@]12C[C@@H]2c1ccc2c(c1)CN=C2. The average Bonchev–Trinajstić information content (AvgIpc) is 2.97. The molecule has 2 aliphatic heterocycles. The minimum atomic E-state index is -0.329. The van der Waals surface area contributed by atoms with E-state index in [1.54, 1.807) is 0 Å². The summed E-state index contributed by atoms with van der Waals surface area (Å²) in [4.78, 5) is 16.8. The van der Waals surface area contributed by atoms with E-state index in [0.29, 0.717) is 5.92 Å². The number of hydrogen-bond donors (Lipinski definition) is 1. The number of nitrogens with one attached hydrogen (secondary N) is 1. The van der Waals surface area contributed by atoms with Crippen molar-refractivity contribution < 1.29 is 4.79 Å². The first-order valence-corrected chi connectivity index (χ1v) is 7.33. The second kappa shape index (κ2) is 3.61. The first-order chi connectivity index (χ1) is 10.3. The van der Waals surface area contributed by atoms with Crippen LogP contribution in [-0.4, -0.2) is 12.1 Å². The number of aliphatic imine (C=N–C) groups is 1. The molecule has 1 N–H and O–H groups in total. The smallest absolute Gasteiger partial charge is 0.235 e. The maximum absolute atomic E-state index is 12.5. The average molecular weight is 274 g/mol. The highest BCUT2D eigenvalue weighted by atomic mass is 16.2. The van der Waals surface area contributed by atoms with Crippen LogP contribution in [0.25, 0.3) is 0 Å². The monoisotopic (exact) mass is 274 g/mol. The number of rotatable bonds is 1. The van der Waals surface area contributed by atoms with Gasteiger partial charge in [-0.25, -0.2) is 0 Å². The van der Waals surface area contributed by atoms with Crippen LogP contribution in [0.3, 0.4) is 0 Å². The lowest BCUT2D eigenvalue weighted by Crippen LogP contribution is -2.21. The van der Waals surface area contributed by atoms with Crippen LogP contribution in [0.5, 0.6) is 0 Å². The molecule has 2 atom stereocenters. The molecule has 3 nitrogen and oxygen atoms in total. The fraction of sp³-hybridized carbons (Fsp3) is 0.222. The molecule has 21 heavy (non-hydrogen) atoms. The third-order valence-electron chi connectivity index (χ3n) is 5.08. The van der Waals surface area contributed by atoms with Crippen molar-refractivity contribution in [3.63, 3.8) is 0 Å². The predicted octanol–water partition coefficient (Wildman–Crippen LogP) is 3.00. The number of fused-ring (bicyclic) bond motifs is 3. The zero-order valence-electron chi connectivity index (χ0n) is 11.5. The van der Waals surface area contributed by atoms with Gasteiger partial charge in [0.2, 0.25) is 5.91 Å². The van der Waals surface area contributed by atoms with Gasteiger partial charge in [0.05, 0.1) is 12.0 Å². The Hall–Kier alpha value is -2.42. The molecule has 2 aromatic rings. The van der Waals surface area contributed by atoms with Crippen LogP contribution in [0.1, 0.15) is 34.6 Å². The Labute approximate surface area is 122 Å². The molecule has 1 fully saturated rings. The molecular formula is C18H14N2O. The maximum atomic E-state index is 12.5. The molecule has 1 amide bonds. The summed E-state index contributed by atoms with van der Waals surface area (Å²) in [6.45, 7) is 0.770. The molecule has 1 aliphatic carbocycles. The van der Waals surface area contributed by atoms with E-state index in [4.69, 9.17) is 0 Å². The van der Waals surface area contributed by atoms with E-state index in [1.807, 2.05) is 24.4 Å². The van der Waals surface area contributed by atoms with Crippen LogP contribution in [0.15, 0.2) is 47.5 Å². The summed E-state index contributed by atoms with van der Waals surface area (Å²) in [7, 11) is 0. The lowest BCUT2D eigenvalue weighted by atomic mass is 9.91. The van der Waals surface area contributed by atoms with E-state index < -0.39 is 0 Å². The van der Waals surface area contributed by atoms with Crippen LogP contribution in [0.4, 0.5) is 5.69 Å². The number of carbonyl (C=O) groups excluding carboxylic acids is 1. The summed E-state index contributed by atoms with van der Waals surface area (Å²) >= 11 is 0. The van der Waals surface area contributed by atoms with Crippen molar-refractivity contribution in [2.24, 2.45) is 4.99 Å². The summed E-state index contributed by atoms with van der Waals surface area (Å²) in [5.74, 6) is 0.456. The van der Waals surface area contributed by atoms with E-state index >= 15 is 0 Å². The van der Waals surface area contributed by atoms with Crippen molar-refractivity contribution in [1.29, 1.82) is 0 Å². The lowest BCUT2D eigenvalue weighted by Gasteiger charge is -2.09. The number of para-hydroxylation sites is 1. The van der Waals surface area contributed by atoms with E-state index in [-0.39, 0.29) is 11.3 Å². The molecule has 3 heteroatoms. The maximum Gasteiger partial charge on any atom is 0.235 e. The molecule has 1 spiro atoms. The fourth-order valence-corrected chi connectivity index (χ4v) is 3.90. The standard InChI is InChI=1S/C18H14N2O/c21-17-18(14-3-1-2-4-16(14)20-17)8-15(18)11-5-6-12-9-19-10-13(12)7-11/h1-7,9,15H,8,10H2,(H,20,21)/t15-,18-/m1/s1. The van der Waals surface area contributed by atoms with Crippen LogP contribution < -0.4 is 5.32 Å². The molecule has 0 unspecified atom stereocenters. The molecular weight excluding hydrogens is 260 g/mol. The third-order valence-corrected chi connectivity index (χ3v) is 5.08. The highest BCUT2D eigenvalue weighted by Gasteiger charge is 2.65. The Bertz CT molecular complexity index is 824. The number of benzene rings is 2. The van der Waals surface area contributed by atoms with Gasteiger partial charge in [-0.2, -0.15) is 0 Å².